The molecular weight excluding hydrogens is 358 g/mol. The predicted octanol–water partition coefficient (Wildman–Crippen LogP) is 3.19. The Morgan fingerprint density at radius 3 is 2.43 bits per heavy atom. The number of likely N-dealkylation sites (tertiary alicyclic amines) is 1. The van der Waals surface area contributed by atoms with Crippen LogP contribution in [0.3, 0.4) is 0 Å². The number of carbonyl (C=O) groups is 2. The molecule has 148 valence electrons. The molecule has 1 atom stereocenters. The number of ether oxygens (including phenoxy) is 2. The molecule has 6 heteroatoms. The van der Waals surface area contributed by atoms with E-state index >= 15 is 0 Å². The van der Waals surface area contributed by atoms with Crippen molar-refractivity contribution in [3.05, 3.63) is 59.2 Å². The van der Waals surface area contributed by atoms with E-state index < -0.39 is 11.9 Å². The molecule has 0 aromatic heterocycles. The minimum absolute atomic E-state index is 0.0575. The highest BCUT2D eigenvalue weighted by atomic mass is 16.5. The number of carboxylic acid groups (broad SMARTS) is 1. The highest BCUT2D eigenvalue weighted by Gasteiger charge is 2.34. The number of hydrogen-bond donors (Lipinski definition) is 1. The highest BCUT2D eigenvalue weighted by molar-refractivity contribution is 5.86. The molecule has 1 aliphatic heterocycles. The van der Waals surface area contributed by atoms with Gasteiger partial charge >= 0.3 is 5.97 Å². The molecule has 6 nitrogen and oxygen atoms in total. The van der Waals surface area contributed by atoms with E-state index in [1.54, 1.807) is 4.90 Å². The molecule has 1 saturated heterocycles. The van der Waals surface area contributed by atoms with Gasteiger partial charge in [0.05, 0.1) is 5.92 Å². The second-order valence-electron chi connectivity index (χ2n) is 7.04. The number of para-hydroxylation sites is 2. The van der Waals surface area contributed by atoms with E-state index in [4.69, 9.17) is 14.6 Å². The van der Waals surface area contributed by atoms with Crippen molar-refractivity contribution in [3.8, 4) is 11.5 Å². The number of aliphatic carboxylic acids is 1. The Balaban J connectivity index is 1.57. The van der Waals surface area contributed by atoms with Gasteiger partial charge in [-0.2, -0.15) is 0 Å². The first kappa shape index (κ1) is 19.7. The van der Waals surface area contributed by atoms with Crippen LogP contribution in [-0.4, -0.2) is 41.6 Å². The third-order valence-electron chi connectivity index (χ3n) is 4.89. The van der Waals surface area contributed by atoms with Gasteiger partial charge in [0.1, 0.15) is 24.7 Å². The minimum Gasteiger partial charge on any atom is -0.490 e. The largest absolute Gasteiger partial charge is 0.490 e. The van der Waals surface area contributed by atoms with Crippen LogP contribution in [0.15, 0.2) is 42.5 Å². The lowest BCUT2D eigenvalue weighted by Gasteiger charge is -2.19. The Hall–Kier alpha value is -3.02. The van der Waals surface area contributed by atoms with Crippen LogP contribution in [0.5, 0.6) is 11.5 Å². The van der Waals surface area contributed by atoms with Crippen molar-refractivity contribution in [1.29, 1.82) is 0 Å². The van der Waals surface area contributed by atoms with Crippen LogP contribution in [0, 0.1) is 19.8 Å². The van der Waals surface area contributed by atoms with Crippen LogP contribution >= 0.6 is 0 Å². The van der Waals surface area contributed by atoms with Gasteiger partial charge in [-0.25, -0.2) is 0 Å². The Morgan fingerprint density at radius 1 is 1.07 bits per heavy atom. The van der Waals surface area contributed by atoms with Gasteiger partial charge in [-0.1, -0.05) is 36.4 Å². The summed E-state index contributed by atoms with van der Waals surface area (Å²) in [6, 6.07) is 13.5. The molecule has 0 spiro atoms. The Bertz CT molecular complexity index is 844. The first-order chi connectivity index (χ1) is 13.5. The lowest BCUT2D eigenvalue weighted by Crippen LogP contribution is -2.26. The number of aryl methyl sites for hydroxylation is 2. The first-order valence-corrected chi connectivity index (χ1v) is 9.36. The van der Waals surface area contributed by atoms with Crippen molar-refractivity contribution in [2.75, 3.05) is 19.8 Å². The number of benzene rings is 2. The number of rotatable bonds is 8. The van der Waals surface area contributed by atoms with Crippen LogP contribution < -0.4 is 9.47 Å². The molecule has 1 amide bonds. The number of nitrogens with zero attached hydrogens (tertiary/aromatic N) is 1. The molecule has 0 aliphatic carbocycles. The van der Waals surface area contributed by atoms with Gasteiger partial charge in [-0.05, 0) is 31.0 Å². The lowest BCUT2D eigenvalue weighted by atomic mass is 10.1. The van der Waals surface area contributed by atoms with Crippen molar-refractivity contribution < 1.29 is 24.2 Å². The van der Waals surface area contributed by atoms with E-state index in [2.05, 4.69) is 0 Å². The summed E-state index contributed by atoms with van der Waals surface area (Å²) in [6.45, 7) is 5.38. The third kappa shape index (κ3) is 4.63. The Kier molecular flexibility index (Phi) is 6.19. The second-order valence-corrected chi connectivity index (χ2v) is 7.04. The molecule has 1 fully saturated rings. The fourth-order valence-corrected chi connectivity index (χ4v) is 3.39. The topological polar surface area (TPSA) is 76.1 Å². The van der Waals surface area contributed by atoms with Crippen LogP contribution in [0.4, 0.5) is 0 Å². The van der Waals surface area contributed by atoms with Gasteiger partial charge in [0.2, 0.25) is 5.91 Å². The Morgan fingerprint density at radius 2 is 1.75 bits per heavy atom. The van der Waals surface area contributed by atoms with Crippen molar-refractivity contribution in [2.24, 2.45) is 5.92 Å². The molecule has 1 heterocycles. The van der Waals surface area contributed by atoms with E-state index in [1.807, 2.05) is 56.3 Å². The predicted molar refractivity (Wildman–Crippen MR) is 105 cm³/mol. The van der Waals surface area contributed by atoms with Gasteiger partial charge in [-0.3, -0.25) is 9.59 Å². The highest BCUT2D eigenvalue weighted by Crippen LogP contribution is 2.25. The summed E-state index contributed by atoms with van der Waals surface area (Å²) < 4.78 is 11.7. The molecule has 0 bridgehead atoms. The zero-order valence-corrected chi connectivity index (χ0v) is 16.2. The average Bonchev–Trinajstić information content (AvgIpc) is 3.03. The molecule has 1 unspecified atom stereocenters. The van der Waals surface area contributed by atoms with Crippen molar-refractivity contribution in [1.82, 2.24) is 4.90 Å². The normalized spacial score (nSPS) is 16.3. The SMILES string of the molecule is Cc1cccc(C)c1OCCOc1ccccc1CN1CC(C(=O)O)CC1=O. The van der Waals surface area contributed by atoms with Crippen LogP contribution in [0.2, 0.25) is 0 Å². The van der Waals surface area contributed by atoms with Gasteiger partial charge in [0.15, 0.2) is 0 Å². The van der Waals surface area contributed by atoms with E-state index in [0.717, 1.165) is 22.4 Å². The van der Waals surface area contributed by atoms with Crippen LogP contribution in [0.25, 0.3) is 0 Å². The number of carbonyl (C=O) groups excluding carboxylic acids is 1. The van der Waals surface area contributed by atoms with Crippen LogP contribution in [0.1, 0.15) is 23.1 Å². The molecule has 0 radical (unpaired) electrons. The molecule has 2 aromatic rings. The molecule has 2 aromatic carbocycles. The minimum atomic E-state index is -0.927. The second kappa shape index (κ2) is 8.78. The summed E-state index contributed by atoms with van der Waals surface area (Å²) in [4.78, 5) is 24.8. The van der Waals surface area contributed by atoms with Gasteiger partial charge in [0, 0.05) is 25.1 Å². The summed E-state index contributed by atoms with van der Waals surface area (Å²) in [6.07, 6.45) is 0.0575. The summed E-state index contributed by atoms with van der Waals surface area (Å²) in [5.74, 6) is -0.142. The monoisotopic (exact) mass is 383 g/mol. The molecule has 28 heavy (non-hydrogen) atoms. The maximum atomic E-state index is 12.1. The summed E-state index contributed by atoms with van der Waals surface area (Å²) in [5, 5.41) is 9.13. The number of hydrogen-bond acceptors (Lipinski definition) is 4. The molecule has 1 N–H and O–H groups in total. The number of amides is 1. The van der Waals surface area contributed by atoms with Crippen molar-refractivity contribution in [2.45, 2.75) is 26.8 Å². The fourth-order valence-electron chi connectivity index (χ4n) is 3.39. The van der Waals surface area contributed by atoms with Gasteiger partial charge in [0.25, 0.3) is 0 Å². The quantitative estimate of drug-likeness (QED) is 0.709. The molecule has 0 saturated carbocycles. The summed E-state index contributed by atoms with van der Waals surface area (Å²) >= 11 is 0. The van der Waals surface area contributed by atoms with E-state index in [-0.39, 0.29) is 18.9 Å². The average molecular weight is 383 g/mol. The Labute approximate surface area is 164 Å². The first-order valence-electron chi connectivity index (χ1n) is 9.36. The fraction of sp³-hybridized carbons (Fsp3) is 0.364. The van der Waals surface area contributed by atoms with Crippen molar-refractivity contribution >= 4 is 11.9 Å². The van der Waals surface area contributed by atoms with Crippen LogP contribution in [-0.2, 0) is 16.1 Å². The summed E-state index contributed by atoms with van der Waals surface area (Å²) in [7, 11) is 0. The number of carboxylic acids is 1. The standard InChI is InChI=1S/C22H25NO5/c1-15-6-5-7-16(2)21(15)28-11-10-27-19-9-4-3-8-17(19)13-23-14-18(22(25)26)12-20(23)24/h3-9,18H,10-14H2,1-2H3,(H,25,26). The van der Waals surface area contributed by atoms with Gasteiger partial charge in [-0.15, -0.1) is 0 Å². The zero-order valence-electron chi connectivity index (χ0n) is 16.2. The van der Waals surface area contributed by atoms with E-state index in [1.165, 1.54) is 0 Å². The maximum absolute atomic E-state index is 12.1. The maximum Gasteiger partial charge on any atom is 0.308 e. The van der Waals surface area contributed by atoms with E-state index in [9.17, 15) is 9.59 Å². The molecule has 3 rings (SSSR count). The lowest BCUT2D eigenvalue weighted by molar-refractivity contribution is -0.141. The molecule has 1 aliphatic rings. The zero-order chi connectivity index (χ0) is 20.1. The van der Waals surface area contributed by atoms with Gasteiger partial charge < -0.3 is 19.5 Å². The smallest absolute Gasteiger partial charge is 0.308 e. The third-order valence-corrected chi connectivity index (χ3v) is 4.89. The summed E-state index contributed by atoms with van der Waals surface area (Å²) in [5.41, 5.74) is 3.02. The van der Waals surface area contributed by atoms with Crippen molar-refractivity contribution in [3.63, 3.8) is 0 Å². The van der Waals surface area contributed by atoms with E-state index in [0.29, 0.717) is 25.5 Å². The molecular formula is C22H25NO5.